The van der Waals surface area contributed by atoms with Gasteiger partial charge >= 0.3 is 5.97 Å². The molecule has 0 spiro atoms. The predicted octanol–water partition coefficient (Wildman–Crippen LogP) is 0.938. The van der Waals surface area contributed by atoms with Crippen molar-refractivity contribution in [2.75, 3.05) is 13.7 Å². The fourth-order valence-electron chi connectivity index (χ4n) is 0.792. The van der Waals surface area contributed by atoms with Crippen molar-refractivity contribution in [1.29, 1.82) is 0 Å². The summed E-state index contributed by atoms with van der Waals surface area (Å²) in [4.78, 5) is 11.1. The minimum Gasteiger partial charge on any atom is -0.465 e. The van der Waals surface area contributed by atoms with Gasteiger partial charge in [-0.2, -0.15) is 0 Å². The van der Waals surface area contributed by atoms with Gasteiger partial charge in [0, 0.05) is 0 Å². The van der Waals surface area contributed by atoms with Gasteiger partial charge in [-0.3, -0.25) is 4.79 Å². The fourth-order valence-corrected chi connectivity index (χ4v) is 0.792. The number of esters is 1. The van der Waals surface area contributed by atoms with Crippen LogP contribution in [0.3, 0.4) is 0 Å². The van der Waals surface area contributed by atoms with Gasteiger partial charge in [0.15, 0.2) is 0 Å². The zero-order valence-corrected chi connectivity index (χ0v) is 7.52. The molecule has 0 saturated carbocycles. The predicted molar refractivity (Wildman–Crippen MR) is 44.4 cm³/mol. The van der Waals surface area contributed by atoms with Crippen LogP contribution in [0.25, 0.3) is 0 Å². The normalized spacial score (nSPS) is 12.6. The van der Waals surface area contributed by atoms with Crippen molar-refractivity contribution in [3.05, 3.63) is 0 Å². The van der Waals surface area contributed by atoms with E-state index in [2.05, 4.69) is 5.32 Å². The molecule has 0 amide bonds. The van der Waals surface area contributed by atoms with Crippen LogP contribution in [-0.2, 0) is 9.53 Å². The maximum Gasteiger partial charge on any atom is 0.323 e. The maximum absolute atomic E-state index is 11.1. The van der Waals surface area contributed by atoms with Crippen molar-refractivity contribution in [2.24, 2.45) is 0 Å². The molecule has 0 fully saturated rings. The molecule has 0 saturated heterocycles. The highest BCUT2D eigenvalue weighted by Crippen LogP contribution is 1.94. The van der Waals surface area contributed by atoms with Crippen molar-refractivity contribution in [2.45, 2.75) is 32.7 Å². The Morgan fingerprint density at radius 2 is 2.18 bits per heavy atom. The lowest BCUT2D eigenvalue weighted by atomic mass is 10.2. The molecule has 3 nitrogen and oxygen atoms in total. The number of hydrogen-bond donors (Lipinski definition) is 1. The summed E-state index contributed by atoms with van der Waals surface area (Å²) in [5.74, 6) is -0.142. The summed E-state index contributed by atoms with van der Waals surface area (Å²) in [6, 6.07) is -0.137. The molecule has 0 aromatic heterocycles. The second-order valence-corrected chi connectivity index (χ2v) is 2.42. The maximum atomic E-state index is 11.1. The lowest BCUT2D eigenvalue weighted by molar-refractivity contribution is -0.146. The first-order valence-electron chi connectivity index (χ1n) is 4.10. The molecule has 0 heterocycles. The molecule has 0 aliphatic carbocycles. The van der Waals surface area contributed by atoms with Gasteiger partial charge < -0.3 is 10.1 Å². The van der Waals surface area contributed by atoms with E-state index in [4.69, 9.17) is 4.74 Å². The average Bonchev–Trinajstić information content (AvgIpc) is 2.03. The van der Waals surface area contributed by atoms with Crippen molar-refractivity contribution in [1.82, 2.24) is 5.32 Å². The van der Waals surface area contributed by atoms with Crippen LogP contribution < -0.4 is 5.32 Å². The van der Waals surface area contributed by atoms with Crippen molar-refractivity contribution in [3.63, 3.8) is 0 Å². The molecule has 0 aromatic carbocycles. The lowest BCUT2D eigenvalue weighted by Crippen LogP contribution is -2.34. The van der Waals surface area contributed by atoms with E-state index in [0.29, 0.717) is 6.61 Å². The largest absolute Gasteiger partial charge is 0.465 e. The summed E-state index contributed by atoms with van der Waals surface area (Å²) < 4.78 is 4.93. The molecule has 0 bridgehead atoms. The van der Waals surface area contributed by atoms with Crippen molar-refractivity contribution >= 4 is 5.97 Å². The Balaban J connectivity index is 3.61. The van der Waals surface area contributed by atoms with E-state index in [-0.39, 0.29) is 12.0 Å². The zero-order chi connectivity index (χ0) is 8.69. The van der Waals surface area contributed by atoms with Crippen LogP contribution in [0.1, 0.15) is 26.7 Å². The summed E-state index contributed by atoms with van der Waals surface area (Å²) in [7, 11) is 1.77. The van der Waals surface area contributed by atoms with E-state index in [1.165, 1.54) is 0 Å². The van der Waals surface area contributed by atoms with E-state index in [1.54, 1.807) is 7.05 Å². The molecule has 0 aliphatic heterocycles. The SMILES string of the molecule is CCCOC(=O)C(CC)NC. The monoisotopic (exact) mass is 159 g/mol. The summed E-state index contributed by atoms with van der Waals surface area (Å²) in [5.41, 5.74) is 0. The van der Waals surface area contributed by atoms with Gasteiger partial charge in [-0.05, 0) is 19.9 Å². The highest BCUT2D eigenvalue weighted by molar-refractivity contribution is 5.75. The van der Waals surface area contributed by atoms with E-state index in [1.807, 2.05) is 13.8 Å². The second-order valence-electron chi connectivity index (χ2n) is 2.42. The van der Waals surface area contributed by atoms with E-state index < -0.39 is 0 Å². The Hall–Kier alpha value is -0.570. The number of likely N-dealkylation sites (N-methyl/N-ethyl adjacent to an activating group) is 1. The molecule has 0 aromatic rings. The first-order valence-corrected chi connectivity index (χ1v) is 4.10. The Kier molecular flexibility index (Phi) is 5.84. The molecule has 0 rings (SSSR count). The number of nitrogens with one attached hydrogen (secondary N) is 1. The quantitative estimate of drug-likeness (QED) is 0.607. The minimum absolute atomic E-state index is 0.137. The van der Waals surface area contributed by atoms with Gasteiger partial charge in [0.1, 0.15) is 6.04 Å². The van der Waals surface area contributed by atoms with Gasteiger partial charge in [0.05, 0.1) is 6.61 Å². The van der Waals surface area contributed by atoms with E-state index in [0.717, 1.165) is 12.8 Å². The third kappa shape index (κ3) is 3.98. The number of hydrogen-bond acceptors (Lipinski definition) is 3. The molecular formula is C8H17NO2. The molecule has 1 unspecified atom stereocenters. The Labute approximate surface area is 68.1 Å². The van der Waals surface area contributed by atoms with Gasteiger partial charge in [0.25, 0.3) is 0 Å². The van der Waals surface area contributed by atoms with Gasteiger partial charge in [-0.1, -0.05) is 13.8 Å². The molecule has 3 heteroatoms. The first-order chi connectivity index (χ1) is 5.26. The summed E-state index contributed by atoms with van der Waals surface area (Å²) >= 11 is 0. The van der Waals surface area contributed by atoms with Crippen molar-refractivity contribution in [3.8, 4) is 0 Å². The fraction of sp³-hybridized carbons (Fsp3) is 0.875. The molecule has 66 valence electrons. The number of ether oxygens (including phenoxy) is 1. The van der Waals surface area contributed by atoms with Gasteiger partial charge in [-0.25, -0.2) is 0 Å². The summed E-state index contributed by atoms with van der Waals surface area (Å²) in [6.45, 7) is 4.46. The number of rotatable bonds is 5. The smallest absolute Gasteiger partial charge is 0.323 e. The highest BCUT2D eigenvalue weighted by atomic mass is 16.5. The van der Waals surface area contributed by atoms with E-state index in [9.17, 15) is 4.79 Å². The third-order valence-electron chi connectivity index (χ3n) is 1.49. The topological polar surface area (TPSA) is 38.3 Å². The standard InChI is InChI=1S/C8H17NO2/c1-4-6-11-8(10)7(5-2)9-3/h7,9H,4-6H2,1-3H3. The zero-order valence-electron chi connectivity index (χ0n) is 7.52. The Morgan fingerprint density at radius 1 is 1.55 bits per heavy atom. The molecule has 0 aliphatic rings. The van der Waals surface area contributed by atoms with Crippen LogP contribution in [0.15, 0.2) is 0 Å². The van der Waals surface area contributed by atoms with Crippen LogP contribution in [0.5, 0.6) is 0 Å². The first kappa shape index (κ1) is 10.4. The number of carbonyl (C=O) groups excluding carboxylic acids is 1. The highest BCUT2D eigenvalue weighted by Gasteiger charge is 2.14. The lowest BCUT2D eigenvalue weighted by Gasteiger charge is -2.11. The van der Waals surface area contributed by atoms with Crippen LogP contribution in [0.4, 0.5) is 0 Å². The van der Waals surface area contributed by atoms with Crippen LogP contribution in [0.2, 0.25) is 0 Å². The average molecular weight is 159 g/mol. The summed E-state index contributed by atoms with van der Waals surface area (Å²) in [5, 5.41) is 2.89. The van der Waals surface area contributed by atoms with Gasteiger partial charge in [0.2, 0.25) is 0 Å². The molecule has 11 heavy (non-hydrogen) atoms. The van der Waals surface area contributed by atoms with Crippen molar-refractivity contribution < 1.29 is 9.53 Å². The van der Waals surface area contributed by atoms with Crippen LogP contribution >= 0.6 is 0 Å². The molecular weight excluding hydrogens is 142 g/mol. The summed E-state index contributed by atoms with van der Waals surface area (Å²) in [6.07, 6.45) is 1.66. The van der Waals surface area contributed by atoms with Gasteiger partial charge in [-0.15, -0.1) is 0 Å². The molecule has 1 atom stereocenters. The van der Waals surface area contributed by atoms with Crippen LogP contribution in [0, 0.1) is 0 Å². The third-order valence-corrected chi connectivity index (χ3v) is 1.49. The minimum atomic E-state index is -0.142. The molecule has 1 N–H and O–H groups in total. The second kappa shape index (κ2) is 6.16. The van der Waals surface area contributed by atoms with E-state index >= 15 is 0 Å². The Morgan fingerprint density at radius 3 is 2.55 bits per heavy atom. The number of carbonyl (C=O) groups is 1. The van der Waals surface area contributed by atoms with Crippen LogP contribution in [-0.4, -0.2) is 25.7 Å². The molecule has 0 radical (unpaired) electrons. The Bertz CT molecular complexity index is 111.